The lowest BCUT2D eigenvalue weighted by atomic mass is 10.1. The van der Waals surface area contributed by atoms with Crippen LogP contribution in [0, 0.1) is 6.92 Å². The van der Waals surface area contributed by atoms with Gasteiger partial charge in [0.15, 0.2) is 0 Å². The normalized spacial score (nSPS) is 11.2. The molecular formula is C11H9N5O2. The fraction of sp³-hybridized carbons (Fsp3) is 0.0909. The van der Waals surface area contributed by atoms with Gasteiger partial charge in [-0.1, -0.05) is 0 Å². The molecule has 0 aliphatic heterocycles. The van der Waals surface area contributed by atoms with Crippen molar-refractivity contribution >= 4 is 33.6 Å². The Labute approximate surface area is 101 Å². The molecule has 0 aliphatic carbocycles. The monoisotopic (exact) mass is 243 g/mol. The molecule has 3 aromatic heterocycles. The molecule has 0 amide bonds. The number of aromatic amines is 1. The molecule has 0 saturated carbocycles. The molecule has 90 valence electrons. The highest BCUT2D eigenvalue weighted by Crippen LogP contribution is 2.28. The smallest absolute Gasteiger partial charge is 0.354 e. The van der Waals surface area contributed by atoms with E-state index in [0.717, 1.165) is 5.69 Å². The highest BCUT2D eigenvalue weighted by molar-refractivity contribution is 6.09. The molecule has 3 rings (SSSR count). The lowest BCUT2D eigenvalue weighted by molar-refractivity contribution is 0.0691. The zero-order valence-electron chi connectivity index (χ0n) is 9.43. The van der Waals surface area contributed by atoms with Gasteiger partial charge in [0.2, 0.25) is 0 Å². The topological polar surface area (TPSA) is 118 Å². The van der Waals surface area contributed by atoms with Crippen LogP contribution in [0.1, 0.15) is 16.2 Å². The zero-order chi connectivity index (χ0) is 12.9. The van der Waals surface area contributed by atoms with Gasteiger partial charge in [-0.2, -0.15) is 5.10 Å². The van der Waals surface area contributed by atoms with Gasteiger partial charge in [-0.15, -0.1) is 0 Å². The molecule has 3 heterocycles. The highest BCUT2D eigenvalue weighted by Gasteiger charge is 2.14. The summed E-state index contributed by atoms with van der Waals surface area (Å²) in [6, 6.07) is 1.46. The number of carbonyl (C=O) groups is 1. The van der Waals surface area contributed by atoms with E-state index in [-0.39, 0.29) is 5.69 Å². The first-order valence-electron chi connectivity index (χ1n) is 5.21. The highest BCUT2D eigenvalue weighted by atomic mass is 16.4. The minimum absolute atomic E-state index is 0.0392. The Morgan fingerprint density at radius 2 is 2.28 bits per heavy atom. The van der Waals surface area contributed by atoms with Crippen molar-refractivity contribution in [3.05, 3.63) is 23.7 Å². The molecule has 0 bridgehead atoms. The van der Waals surface area contributed by atoms with Crippen LogP contribution in [0.4, 0.5) is 5.82 Å². The van der Waals surface area contributed by atoms with Gasteiger partial charge in [-0.3, -0.25) is 5.10 Å². The lowest BCUT2D eigenvalue weighted by Gasteiger charge is -2.03. The summed E-state index contributed by atoms with van der Waals surface area (Å²) in [6.45, 7) is 1.81. The van der Waals surface area contributed by atoms with Crippen molar-refractivity contribution in [3.63, 3.8) is 0 Å². The number of aromatic nitrogens is 4. The van der Waals surface area contributed by atoms with Crippen LogP contribution in [-0.2, 0) is 0 Å². The summed E-state index contributed by atoms with van der Waals surface area (Å²) in [6.07, 6.45) is 1.39. The van der Waals surface area contributed by atoms with E-state index in [1.807, 2.05) is 6.92 Å². The number of nitrogens with zero attached hydrogens (tertiary/aromatic N) is 3. The van der Waals surface area contributed by atoms with E-state index >= 15 is 0 Å². The van der Waals surface area contributed by atoms with Crippen LogP contribution in [0.2, 0.25) is 0 Å². The predicted octanol–water partition coefficient (Wildman–Crippen LogP) is 1.09. The zero-order valence-corrected chi connectivity index (χ0v) is 9.43. The largest absolute Gasteiger partial charge is 0.477 e. The molecule has 18 heavy (non-hydrogen) atoms. The van der Waals surface area contributed by atoms with Crippen LogP contribution >= 0.6 is 0 Å². The molecule has 0 atom stereocenters. The SMILES string of the molecule is Cc1n[nH]c2c1c(N)nc1cnc(C(=O)O)cc12. The molecule has 7 heteroatoms. The summed E-state index contributed by atoms with van der Waals surface area (Å²) in [7, 11) is 0. The molecular weight excluding hydrogens is 234 g/mol. The van der Waals surface area contributed by atoms with Gasteiger partial charge in [0.25, 0.3) is 0 Å². The van der Waals surface area contributed by atoms with Crippen molar-refractivity contribution in [1.82, 2.24) is 20.2 Å². The fourth-order valence-corrected chi connectivity index (χ4v) is 1.98. The molecule has 0 fully saturated rings. The quantitative estimate of drug-likeness (QED) is 0.588. The summed E-state index contributed by atoms with van der Waals surface area (Å²) >= 11 is 0. The van der Waals surface area contributed by atoms with Crippen LogP contribution in [0.5, 0.6) is 0 Å². The van der Waals surface area contributed by atoms with Crippen molar-refractivity contribution < 1.29 is 9.90 Å². The molecule has 4 N–H and O–H groups in total. The molecule has 7 nitrogen and oxygen atoms in total. The molecule has 0 aromatic carbocycles. The maximum atomic E-state index is 10.9. The van der Waals surface area contributed by atoms with Crippen molar-refractivity contribution in [1.29, 1.82) is 0 Å². The summed E-state index contributed by atoms with van der Waals surface area (Å²) < 4.78 is 0. The first kappa shape index (κ1) is 10.5. The van der Waals surface area contributed by atoms with E-state index in [4.69, 9.17) is 10.8 Å². The van der Waals surface area contributed by atoms with Crippen molar-refractivity contribution in [2.24, 2.45) is 0 Å². The summed E-state index contributed by atoms with van der Waals surface area (Å²) in [5, 5.41) is 17.2. The number of hydrogen-bond donors (Lipinski definition) is 3. The minimum Gasteiger partial charge on any atom is -0.477 e. The van der Waals surface area contributed by atoms with Crippen molar-refractivity contribution in [2.45, 2.75) is 6.92 Å². The number of nitrogen functional groups attached to an aromatic ring is 1. The van der Waals surface area contributed by atoms with Crippen LogP contribution in [0.25, 0.3) is 21.8 Å². The van der Waals surface area contributed by atoms with Crippen LogP contribution in [0.15, 0.2) is 12.3 Å². The summed E-state index contributed by atoms with van der Waals surface area (Å²) in [5.74, 6) is -0.730. The van der Waals surface area contributed by atoms with E-state index in [0.29, 0.717) is 27.6 Å². The Hall–Kier alpha value is -2.70. The Morgan fingerprint density at radius 1 is 1.50 bits per heavy atom. The molecule has 0 saturated heterocycles. The minimum atomic E-state index is -1.09. The Balaban J connectivity index is 2.50. The van der Waals surface area contributed by atoms with Gasteiger partial charge in [-0.05, 0) is 13.0 Å². The maximum absolute atomic E-state index is 10.9. The summed E-state index contributed by atoms with van der Waals surface area (Å²) in [4.78, 5) is 18.9. The Kier molecular flexibility index (Phi) is 1.97. The standard InChI is InChI=1S/C11H9N5O2/c1-4-8-9(16-15-4)5-2-6(11(17)18)13-3-7(5)14-10(8)12/h2-3H,1H3,(H2,12,14)(H,15,16)(H,17,18). The second-order valence-electron chi connectivity index (χ2n) is 3.95. The average Bonchev–Trinajstić information content (AvgIpc) is 2.72. The van der Waals surface area contributed by atoms with Crippen molar-refractivity contribution in [2.75, 3.05) is 5.73 Å². The van der Waals surface area contributed by atoms with E-state index in [9.17, 15) is 4.79 Å². The number of pyridine rings is 2. The van der Waals surface area contributed by atoms with Gasteiger partial charge in [-0.25, -0.2) is 14.8 Å². The number of carboxylic acid groups (broad SMARTS) is 1. The van der Waals surface area contributed by atoms with E-state index in [2.05, 4.69) is 20.2 Å². The third-order valence-electron chi connectivity index (χ3n) is 2.82. The molecule has 0 spiro atoms. The van der Waals surface area contributed by atoms with Gasteiger partial charge in [0, 0.05) is 5.39 Å². The third-order valence-corrected chi connectivity index (χ3v) is 2.82. The number of hydrogen-bond acceptors (Lipinski definition) is 5. The number of fused-ring (bicyclic) bond motifs is 3. The number of aryl methyl sites for hydroxylation is 1. The second-order valence-corrected chi connectivity index (χ2v) is 3.95. The first-order valence-corrected chi connectivity index (χ1v) is 5.21. The average molecular weight is 243 g/mol. The van der Waals surface area contributed by atoms with Gasteiger partial charge in [0.1, 0.15) is 11.5 Å². The number of H-pyrrole nitrogens is 1. The maximum Gasteiger partial charge on any atom is 0.354 e. The molecule has 0 radical (unpaired) electrons. The first-order chi connectivity index (χ1) is 8.58. The number of rotatable bonds is 1. The number of nitrogens with one attached hydrogen (secondary N) is 1. The Morgan fingerprint density at radius 3 is 3.00 bits per heavy atom. The van der Waals surface area contributed by atoms with Crippen LogP contribution < -0.4 is 5.73 Å². The predicted molar refractivity (Wildman–Crippen MR) is 65.3 cm³/mol. The lowest BCUT2D eigenvalue weighted by Crippen LogP contribution is -2.01. The Bertz CT molecular complexity index is 793. The van der Waals surface area contributed by atoms with Gasteiger partial charge < -0.3 is 10.8 Å². The van der Waals surface area contributed by atoms with Gasteiger partial charge >= 0.3 is 5.97 Å². The number of aromatic carboxylic acids is 1. The van der Waals surface area contributed by atoms with Crippen LogP contribution in [0.3, 0.4) is 0 Å². The third kappa shape index (κ3) is 1.30. The second kappa shape index (κ2) is 3.39. The molecule has 0 unspecified atom stereocenters. The van der Waals surface area contributed by atoms with E-state index in [1.54, 1.807) is 0 Å². The fourth-order valence-electron chi connectivity index (χ4n) is 1.98. The number of anilines is 1. The van der Waals surface area contributed by atoms with Crippen LogP contribution in [-0.4, -0.2) is 31.2 Å². The van der Waals surface area contributed by atoms with Crippen molar-refractivity contribution in [3.8, 4) is 0 Å². The van der Waals surface area contributed by atoms with E-state index in [1.165, 1.54) is 12.3 Å². The van der Waals surface area contributed by atoms with Gasteiger partial charge in [0.05, 0.1) is 28.3 Å². The van der Waals surface area contributed by atoms with E-state index < -0.39 is 5.97 Å². The molecule has 0 aliphatic rings. The summed E-state index contributed by atoms with van der Waals surface area (Å²) in [5.41, 5.74) is 7.75. The number of carboxylic acids is 1. The number of nitrogens with two attached hydrogens (primary N) is 1. The molecule has 3 aromatic rings.